The van der Waals surface area contributed by atoms with Gasteiger partial charge in [0.15, 0.2) is 11.2 Å². The van der Waals surface area contributed by atoms with Gasteiger partial charge in [-0.05, 0) is 12.5 Å². The fourth-order valence-corrected chi connectivity index (χ4v) is 3.21. The van der Waals surface area contributed by atoms with Crippen molar-refractivity contribution in [3.05, 3.63) is 88.5 Å². The van der Waals surface area contributed by atoms with Crippen LogP contribution in [0.25, 0.3) is 22.3 Å². The van der Waals surface area contributed by atoms with Gasteiger partial charge in [0.2, 0.25) is 0 Å². The quantitative estimate of drug-likeness (QED) is 0.481. The lowest BCUT2D eigenvalue weighted by Gasteiger charge is -2.16. The standard InChI is InChI=1S/C23H19N3O5/c1-2-30-23(29)18-20(27)17-19(16-11-7-4-8-12-16)24-14-25-21(17)26(22(18)28)31-13-15-9-5-3-6-10-15/h3-12,14,27H,2,13H2,1H3. The fraction of sp³-hybridized carbons (Fsp3) is 0.130. The van der Waals surface area contributed by atoms with Crippen molar-refractivity contribution in [1.29, 1.82) is 0 Å². The highest BCUT2D eigenvalue weighted by Gasteiger charge is 2.27. The van der Waals surface area contributed by atoms with Crippen molar-refractivity contribution in [3.8, 4) is 17.0 Å². The third-order valence-electron chi connectivity index (χ3n) is 4.62. The molecule has 156 valence electrons. The van der Waals surface area contributed by atoms with Crippen molar-refractivity contribution in [1.82, 2.24) is 14.7 Å². The maximum absolute atomic E-state index is 13.1. The number of hydrogen-bond acceptors (Lipinski definition) is 7. The Labute approximate surface area is 177 Å². The Balaban J connectivity index is 1.97. The van der Waals surface area contributed by atoms with E-state index in [1.54, 1.807) is 19.1 Å². The molecule has 0 atom stereocenters. The highest BCUT2D eigenvalue weighted by molar-refractivity contribution is 6.03. The number of rotatable bonds is 6. The van der Waals surface area contributed by atoms with Gasteiger partial charge in [0.05, 0.1) is 17.7 Å². The topological polar surface area (TPSA) is 104 Å². The zero-order valence-electron chi connectivity index (χ0n) is 16.7. The Morgan fingerprint density at radius 2 is 1.71 bits per heavy atom. The SMILES string of the molecule is CCOC(=O)c1c(O)c2c(-c3ccccc3)ncnc2n(OCc2ccccc2)c1=O. The van der Waals surface area contributed by atoms with Crippen molar-refractivity contribution < 1.29 is 19.5 Å². The van der Waals surface area contributed by atoms with E-state index in [-0.39, 0.29) is 24.2 Å². The third-order valence-corrected chi connectivity index (χ3v) is 4.62. The molecule has 0 aliphatic rings. The molecule has 0 unspecified atom stereocenters. The number of fused-ring (bicyclic) bond motifs is 1. The highest BCUT2D eigenvalue weighted by atomic mass is 16.7. The van der Waals surface area contributed by atoms with Gasteiger partial charge in [0.1, 0.15) is 18.7 Å². The van der Waals surface area contributed by atoms with Gasteiger partial charge < -0.3 is 14.7 Å². The average Bonchev–Trinajstić information content (AvgIpc) is 2.80. The Morgan fingerprint density at radius 1 is 1.03 bits per heavy atom. The molecule has 0 bridgehead atoms. The summed E-state index contributed by atoms with van der Waals surface area (Å²) in [4.78, 5) is 39.8. The van der Waals surface area contributed by atoms with Crippen LogP contribution in [0.1, 0.15) is 22.8 Å². The van der Waals surface area contributed by atoms with E-state index in [9.17, 15) is 14.7 Å². The van der Waals surface area contributed by atoms with Gasteiger partial charge in [0, 0.05) is 5.56 Å². The zero-order chi connectivity index (χ0) is 21.8. The van der Waals surface area contributed by atoms with Crippen LogP contribution in [-0.4, -0.2) is 32.4 Å². The largest absolute Gasteiger partial charge is 0.506 e. The number of carbonyl (C=O) groups excluding carboxylic acids is 1. The van der Waals surface area contributed by atoms with E-state index in [0.29, 0.717) is 11.3 Å². The van der Waals surface area contributed by atoms with Crippen molar-refractivity contribution in [2.24, 2.45) is 0 Å². The molecule has 0 fully saturated rings. The van der Waals surface area contributed by atoms with E-state index in [0.717, 1.165) is 10.3 Å². The second-order valence-electron chi connectivity index (χ2n) is 6.59. The Bertz CT molecular complexity index is 1290. The summed E-state index contributed by atoms with van der Waals surface area (Å²) in [7, 11) is 0. The summed E-state index contributed by atoms with van der Waals surface area (Å²) in [6.45, 7) is 1.70. The van der Waals surface area contributed by atoms with E-state index in [1.165, 1.54) is 6.33 Å². The number of aromatic hydroxyl groups is 1. The van der Waals surface area contributed by atoms with E-state index >= 15 is 0 Å². The molecule has 8 heteroatoms. The minimum atomic E-state index is -0.952. The van der Waals surface area contributed by atoms with Crippen molar-refractivity contribution in [2.75, 3.05) is 6.61 Å². The van der Waals surface area contributed by atoms with Crippen LogP contribution in [0.3, 0.4) is 0 Å². The number of carbonyl (C=O) groups is 1. The summed E-state index contributed by atoms with van der Waals surface area (Å²) in [5.41, 5.74) is 0.483. The molecular weight excluding hydrogens is 398 g/mol. The van der Waals surface area contributed by atoms with Crippen LogP contribution in [0.15, 0.2) is 71.8 Å². The summed E-state index contributed by atoms with van der Waals surface area (Å²) in [6.07, 6.45) is 1.27. The molecule has 0 amide bonds. The maximum Gasteiger partial charge on any atom is 0.347 e. The summed E-state index contributed by atoms with van der Waals surface area (Å²) < 4.78 is 5.90. The Kier molecular flexibility index (Phi) is 5.61. The van der Waals surface area contributed by atoms with Crippen LogP contribution >= 0.6 is 0 Å². The lowest BCUT2D eigenvalue weighted by Crippen LogP contribution is -2.33. The normalized spacial score (nSPS) is 10.7. The van der Waals surface area contributed by atoms with E-state index in [4.69, 9.17) is 9.57 Å². The molecular formula is C23H19N3O5. The van der Waals surface area contributed by atoms with Gasteiger partial charge in [-0.15, -0.1) is 4.73 Å². The first-order chi connectivity index (χ1) is 15.1. The van der Waals surface area contributed by atoms with Crippen LogP contribution in [0, 0.1) is 0 Å². The Morgan fingerprint density at radius 3 is 2.39 bits per heavy atom. The van der Waals surface area contributed by atoms with Crippen LogP contribution in [-0.2, 0) is 11.3 Å². The van der Waals surface area contributed by atoms with Crippen molar-refractivity contribution in [3.63, 3.8) is 0 Å². The molecule has 1 N–H and O–H groups in total. The summed E-state index contributed by atoms with van der Waals surface area (Å²) in [6, 6.07) is 18.3. The summed E-state index contributed by atoms with van der Waals surface area (Å²) in [5, 5.41) is 11.0. The molecule has 0 radical (unpaired) electrons. The molecule has 0 aliphatic carbocycles. The smallest absolute Gasteiger partial charge is 0.347 e. The minimum absolute atomic E-state index is 0.0391. The molecule has 0 saturated carbocycles. The van der Waals surface area contributed by atoms with Crippen LogP contribution in [0.2, 0.25) is 0 Å². The van der Waals surface area contributed by atoms with E-state index in [1.807, 2.05) is 48.5 Å². The number of nitrogens with zero attached hydrogens (tertiary/aromatic N) is 3. The minimum Gasteiger partial charge on any atom is -0.506 e. The van der Waals surface area contributed by atoms with Crippen molar-refractivity contribution in [2.45, 2.75) is 13.5 Å². The molecule has 2 aromatic carbocycles. The Hall–Kier alpha value is -4.20. The second-order valence-corrected chi connectivity index (χ2v) is 6.59. The number of ether oxygens (including phenoxy) is 1. The molecule has 4 aromatic rings. The van der Waals surface area contributed by atoms with E-state index in [2.05, 4.69) is 9.97 Å². The van der Waals surface area contributed by atoms with Crippen molar-refractivity contribution >= 4 is 17.0 Å². The molecule has 4 rings (SSSR count). The molecule has 2 heterocycles. The summed E-state index contributed by atoms with van der Waals surface area (Å²) >= 11 is 0. The lowest BCUT2D eigenvalue weighted by molar-refractivity contribution is 0.0508. The molecule has 0 aliphatic heterocycles. The number of aromatic nitrogens is 3. The van der Waals surface area contributed by atoms with Gasteiger partial charge in [-0.1, -0.05) is 60.7 Å². The number of hydrogen-bond donors (Lipinski definition) is 1. The van der Waals surface area contributed by atoms with Gasteiger partial charge in [-0.3, -0.25) is 4.79 Å². The molecule has 2 aromatic heterocycles. The number of esters is 1. The predicted octanol–water partition coefficient (Wildman–Crippen LogP) is 2.97. The molecule has 0 spiro atoms. The molecule has 0 saturated heterocycles. The second kappa shape index (κ2) is 8.66. The molecule has 8 nitrogen and oxygen atoms in total. The average molecular weight is 417 g/mol. The predicted molar refractivity (Wildman–Crippen MR) is 114 cm³/mol. The lowest BCUT2D eigenvalue weighted by atomic mass is 10.1. The van der Waals surface area contributed by atoms with E-state index < -0.39 is 22.8 Å². The van der Waals surface area contributed by atoms with Crippen LogP contribution in [0.4, 0.5) is 0 Å². The fourth-order valence-electron chi connectivity index (χ4n) is 3.21. The zero-order valence-corrected chi connectivity index (χ0v) is 16.7. The molecule has 31 heavy (non-hydrogen) atoms. The van der Waals surface area contributed by atoms with Crippen LogP contribution in [0.5, 0.6) is 5.75 Å². The van der Waals surface area contributed by atoms with Gasteiger partial charge in [-0.25, -0.2) is 14.8 Å². The third kappa shape index (κ3) is 3.83. The number of pyridine rings is 1. The maximum atomic E-state index is 13.1. The number of benzene rings is 2. The highest BCUT2D eigenvalue weighted by Crippen LogP contribution is 2.33. The summed E-state index contributed by atoms with van der Waals surface area (Å²) in [5.74, 6) is -1.50. The van der Waals surface area contributed by atoms with Gasteiger partial charge in [0.25, 0.3) is 0 Å². The van der Waals surface area contributed by atoms with Gasteiger partial charge in [-0.2, -0.15) is 0 Å². The monoisotopic (exact) mass is 417 g/mol. The first-order valence-electron chi connectivity index (χ1n) is 9.64. The first-order valence-corrected chi connectivity index (χ1v) is 9.64. The first kappa shape index (κ1) is 20.1. The van der Waals surface area contributed by atoms with Crippen LogP contribution < -0.4 is 10.4 Å². The van der Waals surface area contributed by atoms with Gasteiger partial charge >= 0.3 is 11.5 Å².